The molecule has 5 N–H and O–H groups in total. The molecule has 0 fully saturated rings. The molecule has 1 atom stereocenters. The Kier molecular flexibility index (Phi) is 7.68. The van der Waals surface area contributed by atoms with E-state index in [4.69, 9.17) is 10.9 Å². The van der Waals surface area contributed by atoms with Gasteiger partial charge in [0.15, 0.2) is 0 Å². The normalized spacial score (nSPS) is 11.2. The molecule has 1 aromatic carbocycles. The second-order valence-electron chi connectivity index (χ2n) is 6.08. The van der Waals surface area contributed by atoms with Gasteiger partial charge >= 0.3 is 0 Å². The van der Waals surface area contributed by atoms with Crippen molar-refractivity contribution in [2.24, 2.45) is 5.73 Å². The van der Waals surface area contributed by atoms with Gasteiger partial charge < -0.3 is 11.1 Å². The van der Waals surface area contributed by atoms with Gasteiger partial charge in [-0.05, 0) is 56.4 Å². The highest BCUT2D eigenvalue weighted by atomic mass is 16.5. The van der Waals surface area contributed by atoms with E-state index in [0.717, 1.165) is 18.4 Å². The molecule has 0 heterocycles. The maximum absolute atomic E-state index is 12.3. The van der Waals surface area contributed by atoms with Crippen LogP contribution in [0.15, 0.2) is 24.3 Å². The Bertz CT molecular complexity index is 726. The summed E-state index contributed by atoms with van der Waals surface area (Å²) in [6.07, 6.45) is 1.81. The van der Waals surface area contributed by atoms with Gasteiger partial charge in [-0.1, -0.05) is 18.8 Å². The van der Waals surface area contributed by atoms with E-state index < -0.39 is 23.4 Å². The fourth-order valence-corrected chi connectivity index (χ4v) is 1.91. The van der Waals surface area contributed by atoms with Crippen LogP contribution in [0.3, 0.4) is 0 Å². The van der Waals surface area contributed by atoms with Gasteiger partial charge in [-0.2, -0.15) is 0 Å². The van der Waals surface area contributed by atoms with Gasteiger partial charge in [0.05, 0.1) is 0 Å². The minimum atomic E-state index is -1.08. The molecule has 0 aliphatic heterocycles. The zero-order valence-electron chi connectivity index (χ0n) is 14.6. The fraction of sp³-hybridized carbons (Fsp3) is 0.368. The molecule has 1 unspecified atom stereocenters. The molecule has 6 heteroatoms. The maximum Gasteiger partial charge on any atom is 0.267 e. The number of nitrogens with two attached hydrogens (primary N) is 1. The highest BCUT2D eigenvalue weighted by molar-refractivity contribution is 5.97. The van der Waals surface area contributed by atoms with E-state index in [-0.39, 0.29) is 0 Å². The number of unbranched alkanes of at least 4 members (excludes halogenated alkanes) is 1. The molecule has 0 radical (unpaired) electrons. The lowest BCUT2D eigenvalue weighted by Crippen LogP contribution is -2.61. The lowest BCUT2D eigenvalue weighted by Gasteiger charge is -2.29. The summed E-state index contributed by atoms with van der Waals surface area (Å²) in [5.41, 5.74) is 7.42. The van der Waals surface area contributed by atoms with Crippen molar-refractivity contribution < 1.29 is 14.8 Å². The molecule has 0 aliphatic rings. The first-order chi connectivity index (χ1) is 11.8. The van der Waals surface area contributed by atoms with Gasteiger partial charge in [-0.3, -0.25) is 14.8 Å². The molecule has 0 bridgehead atoms. The summed E-state index contributed by atoms with van der Waals surface area (Å²) in [5.74, 6) is 10.1. The van der Waals surface area contributed by atoms with E-state index >= 15 is 0 Å². The van der Waals surface area contributed by atoms with Crippen LogP contribution in [0.25, 0.3) is 0 Å². The molecule has 0 spiro atoms. The summed E-state index contributed by atoms with van der Waals surface area (Å²) >= 11 is 0. The van der Waals surface area contributed by atoms with Gasteiger partial charge in [0.1, 0.15) is 6.04 Å². The topological polar surface area (TPSA) is 104 Å². The van der Waals surface area contributed by atoms with Crippen molar-refractivity contribution in [1.82, 2.24) is 10.8 Å². The Hall–Kier alpha value is -2.80. The van der Waals surface area contributed by atoms with E-state index in [1.165, 1.54) is 5.48 Å². The molecule has 0 saturated carbocycles. The van der Waals surface area contributed by atoms with Crippen LogP contribution in [0, 0.1) is 23.7 Å². The quantitative estimate of drug-likeness (QED) is 0.367. The minimum Gasteiger partial charge on any atom is -0.338 e. The predicted molar refractivity (Wildman–Crippen MR) is 95.5 cm³/mol. The first-order valence-electron chi connectivity index (χ1n) is 7.92. The largest absolute Gasteiger partial charge is 0.338 e. The van der Waals surface area contributed by atoms with Crippen molar-refractivity contribution in [2.45, 2.75) is 45.2 Å². The van der Waals surface area contributed by atoms with Gasteiger partial charge in [0, 0.05) is 23.1 Å². The number of nitrogens with one attached hydrogen (secondary N) is 2. The molecule has 2 amide bonds. The van der Waals surface area contributed by atoms with Crippen molar-refractivity contribution in [1.29, 1.82) is 0 Å². The van der Waals surface area contributed by atoms with Crippen LogP contribution in [0.1, 0.15) is 49.5 Å². The highest BCUT2D eigenvalue weighted by Gasteiger charge is 2.33. The van der Waals surface area contributed by atoms with Crippen molar-refractivity contribution in [2.75, 3.05) is 0 Å². The van der Waals surface area contributed by atoms with Crippen molar-refractivity contribution in [3.8, 4) is 23.7 Å². The number of benzene rings is 1. The third-order valence-corrected chi connectivity index (χ3v) is 3.27. The first-order valence-corrected chi connectivity index (χ1v) is 7.92. The molecular weight excluding hydrogens is 318 g/mol. The third-order valence-electron chi connectivity index (χ3n) is 3.27. The van der Waals surface area contributed by atoms with Gasteiger partial charge in [0.25, 0.3) is 11.8 Å². The maximum atomic E-state index is 12.3. The summed E-state index contributed by atoms with van der Waals surface area (Å²) in [6, 6.07) is 5.49. The summed E-state index contributed by atoms with van der Waals surface area (Å²) in [5, 5.41) is 11.3. The Morgan fingerprint density at radius 1 is 1.24 bits per heavy atom. The number of hydrogen-bond donors (Lipinski definition) is 4. The van der Waals surface area contributed by atoms with Crippen LogP contribution in [0.4, 0.5) is 0 Å². The predicted octanol–water partition coefficient (Wildman–Crippen LogP) is 1.18. The first kappa shape index (κ1) is 20.2. The second kappa shape index (κ2) is 9.48. The summed E-state index contributed by atoms with van der Waals surface area (Å²) in [4.78, 5) is 24.0. The van der Waals surface area contributed by atoms with Crippen molar-refractivity contribution >= 4 is 11.8 Å². The van der Waals surface area contributed by atoms with Gasteiger partial charge in [0.2, 0.25) is 0 Å². The van der Waals surface area contributed by atoms with E-state index in [9.17, 15) is 9.59 Å². The second-order valence-corrected chi connectivity index (χ2v) is 6.08. The minimum absolute atomic E-state index is 0.350. The fourth-order valence-electron chi connectivity index (χ4n) is 1.91. The average Bonchev–Trinajstić information content (AvgIpc) is 2.58. The summed E-state index contributed by atoms with van der Waals surface area (Å²) in [7, 11) is 0. The van der Waals surface area contributed by atoms with Crippen LogP contribution >= 0.6 is 0 Å². The number of rotatable bonds is 5. The summed E-state index contributed by atoms with van der Waals surface area (Å²) < 4.78 is 0. The zero-order valence-corrected chi connectivity index (χ0v) is 14.6. The van der Waals surface area contributed by atoms with Crippen LogP contribution < -0.4 is 16.5 Å². The molecule has 0 saturated heterocycles. The standard InChI is InChI=1S/C19H23N3O3/c1-4-5-6-7-8-9-14-10-12-15(13-11-14)17(23)21-16(18(24)22-25)19(2,3)20/h10-13,16,25H,4-5,20H2,1-3H3,(H,21,23)(H,22,24). The van der Waals surface area contributed by atoms with Gasteiger partial charge in [-0.25, -0.2) is 5.48 Å². The molecule has 1 aromatic rings. The molecule has 132 valence electrons. The number of carbonyl (C=O) groups excluding carboxylic acids is 2. The van der Waals surface area contributed by atoms with Crippen LogP contribution in [-0.4, -0.2) is 28.6 Å². The third kappa shape index (κ3) is 6.68. The summed E-state index contributed by atoms with van der Waals surface area (Å²) in [6.45, 7) is 5.20. The lowest BCUT2D eigenvalue weighted by atomic mass is 9.95. The average molecular weight is 341 g/mol. The SMILES string of the molecule is CCCC#CC#Cc1ccc(C(=O)NC(C(=O)NO)C(C)(C)N)cc1. The van der Waals surface area contributed by atoms with E-state index in [2.05, 4.69) is 29.0 Å². The Labute approximate surface area is 148 Å². The van der Waals surface area contributed by atoms with E-state index in [0.29, 0.717) is 5.56 Å². The molecule has 6 nitrogen and oxygen atoms in total. The number of hydroxylamine groups is 1. The van der Waals surface area contributed by atoms with Gasteiger partial charge in [-0.15, -0.1) is 0 Å². The Balaban J connectivity index is 2.83. The van der Waals surface area contributed by atoms with Crippen molar-refractivity contribution in [3.63, 3.8) is 0 Å². The molecule has 0 aliphatic carbocycles. The van der Waals surface area contributed by atoms with Crippen LogP contribution in [0.2, 0.25) is 0 Å². The number of carbonyl (C=O) groups is 2. The highest BCUT2D eigenvalue weighted by Crippen LogP contribution is 2.08. The molecular formula is C19H23N3O3. The van der Waals surface area contributed by atoms with Crippen LogP contribution in [0.5, 0.6) is 0 Å². The lowest BCUT2D eigenvalue weighted by molar-refractivity contribution is -0.132. The monoisotopic (exact) mass is 341 g/mol. The number of amides is 2. The van der Waals surface area contributed by atoms with Crippen LogP contribution in [-0.2, 0) is 4.79 Å². The van der Waals surface area contributed by atoms with E-state index in [1.54, 1.807) is 38.1 Å². The molecule has 25 heavy (non-hydrogen) atoms. The Morgan fingerprint density at radius 2 is 1.88 bits per heavy atom. The van der Waals surface area contributed by atoms with Crippen molar-refractivity contribution in [3.05, 3.63) is 35.4 Å². The van der Waals surface area contributed by atoms with E-state index in [1.807, 2.05) is 6.92 Å². The molecule has 1 rings (SSSR count). The number of hydrogen-bond acceptors (Lipinski definition) is 4. The molecule has 0 aromatic heterocycles. The smallest absolute Gasteiger partial charge is 0.267 e. The zero-order chi connectivity index (χ0) is 18.9. The Morgan fingerprint density at radius 3 is 2.40 bits per heavy atom.